The summed E-state index contributed by atoms with van der Waals surface area (Å²) in [6, 6.07) is 12.7. The van der Waals surface area contributed by atoms with Gasteiger partial charge in [0, 0.05) is 5.56 Å². The van der Waals surface area contributed by atoms with E-state index in [-0.39, 0.29) is 0 Å². The third-order valence-electron chi connectivity index (χ3n) is 2.72. The molecule has 0 radical (unpaired) electrons. The number of ether oxygens (including phenoxy) is 1. The quantitative estimate of drug-likeness (QED) is 0.625. The molecule has 4 N–H and O–H groups in total. The first kappa shape index (κ1) is 12.0. The minimum atomic E-state index is -0.432. The summed E-state index contributed by atoms with van der Waals surface area (Å²) < 4.78 is 4.69. The largest absolute Gasteiger partial charge is 0.465 e. The summed E-state index contributed by atoms with van der Waals surface area (Å²) in [5.41, 5.74) is 14.6. The molecule has 4 nitrogen and oxygen atoms in total. The van der Waals surface area contributed by atoms with Crippen LogP contribution >= 0.6 is 0 Å². The summed E-state index contributed by atoms with van der Waals surface area (Å²) >= 11 is 0. The summed E-state index contributed by atoms with van der Waals surface area (Å²) in [5, 5.41) is 0. The van der Waals surface area contributed by atoms with Crippen LogP contribution in [0, 0.1) is 0 Å². The molecule has 0 saturated carbocycles. The van der Waals surface area contributed by atoms with Crippen LogP contribution in [0.15, 0.2) is 42.5 Å². The van der Waals surface area contributed by atoms with Gasteiger partial charge in [-0.05, 0) is 17.7 Å². The van der Waals surface area contributed by atoms with E-state index >= 15 is 0 Å². The highest BCUT2D eigenvalue weighted by Gasteiger charge is 2.12. The molecule has 0 spiro atoms. The van der Waals surface area contributed by atoms with E-state index in [0.29, 0.717) is 16.9 Å². The predicted octanol–water partition coefficient (Wildman–Crippen LogP) is 2.30. The number of benzene rings is 2. The molecule has 2 rings (SSSR count). The molecular formula is C14H14N2O2. The molecule has 0 aliphatic carbocycles. The van der Waals surface area contributed by atoms with Crippen molar-refractivity contribution >= 4 is 17.3 Å². The SMILES string of the molecule is COC(=O)c1cc(N)c(N)c(-c2ccccc2)c1. The van der Waals surface area contributed by atoms with E-state index in [1.165, 1.54) is 13.2 Å². The van der Waals surface area contributed by atoms with E-state index in [9.17, 15) is 4.79 Å². The van der Waals surface area contributed by atoms with E-state index in [1.54, 1.807) is 6.07 Å². The van der Waals surface area contributed by atoms with Gasteiger partial charge in [0.2, 0.25) is 0 Å². The van der Waals surface area contributed by atoms with Crippen LogP contribution in [-0.4, -0.2) is 13.1 Å². The monoisotopic (exact) mass is 242 g/mol. The van der Waals surface area contributed by atoms with Crippen LogP contribution in [0.2, 0.25) is 0 Å². The van der Waals surface area contributed by atoms with Crippen molar-refractivity contribution in [3.8, 4) is 11.1 Å². The molecule has 0 fully saturated rings. The van der Waals surface area contributed by atoms with Gasteiger partial charge in [0.1, 0.15) is 0 Å². The predicted molar refractivity (Wildman–Crippen MR) is 72.0 cm³/mol. The van der Waals surface area contributed by atoms with Crippen LogP contribution < -0.4 is 11.5 Å². The third-order valence-corrected chi connectivity index (χ3v) is 2.72. The molecule has 0 aromatic heterocycles. The zero-order valence-corrected chi connectivity index (χ0v) is 10.0. The summed E-state index contributed by atoms with van der Waals surface area (Å²) in [6.45, 7) is 0. The van der Waals surface area contributed by atoms with Crippen molar-refractivity contribution in [2.75, 3.05) is 18.6 Å². The van der Waals surface area contributed by atoms with Crippen molar-refractivity contribution < 1.29 is 9.53 Å². The number of methoxy groups -OCH3 is 1. The molecule has 0 bridgehead atoms. The number of nitrogen functional groups attached to an aromatic ring is 2. The number of carbonyl (C=O) groups is 1. The number of rotatable bonds is 2. The van der Waals surface area contributed by atoms with Gasteiger partial charge in [0.25, 0.3) is 0 Å². The van der Waals surface area contributed by atoms with Gasteiger partial charge in [-0.15, -0.1) is 0 Å². The van der Waals surface area contributed by atoms with Crippen LogP contribution in [-0.2, 0) is 4.74 Å². The average Bonchev–Trinajstić information content (AvgIpc) is 2.41. The minimum absolute atomic E-state index is 0.372. The molecule has 0 amide bonds. The first-order valence-corrected chi connectivity index (χ1v) is 5.46. The van der Waals surface area contributed by atoms with Crippen LogP contribution in [0.1, 0.15) is 10.4 Å². The van der Waals surface area contributed by atoms with Crippen LogP contribution in [0.4, 0.5) is 11.4 Å². The average molecular weight is 242 g/mol. The highest BCUT2D eigenvalue weighted by Crippen LogP contribution is 2.31. The van der Waals surface area contributed by atoms with E-state index in [2.05, 4.69) is 4.74 Å². The lowest BCUT2D eigenvalue weighted by atomic mass is 10.00. The van der Waals surface area contributed by atoms with Gasteiger partial charge in [-0.25, -0.2) is 4.79 Å². The topological polar surface area (TPSA) is 78.3 Å². The Hall–Kier alpha value is -2.49. The molecule has 0 atom stereocenters. The van der Waals surface area contributed by atoms with Crippen molar-refractivity contribution in [2.45, 2.75) is 0 Å². The van der Waals surface area contributed by atoms with Gasteiger partial charge in [0.15, 0.2) is 0 Å². The van der Waals surface area contributed by atoms with E-state index in [1.807, 2.05) is 30.3 Å². The third kappa shape index (κ3) is 2.13. The molecule has 0 aliphatic heterocycles. The van der Waals surface area contributed by atoms with E-state index in [0.717, 1.165) is 11.1 Å². The Labute approximate surface area is 105 Å². The van der Waals surface area contributed by atoms with Gasteiger partial charge in [-0.1, -0.05) is 30.3 Å². The van der Waals surface area contributed by atoms with Crippen molar-refractivity contribution in [1.82, 2.24) is 0 Å². The fraction of sp³-hybridized carbons (Fsp3) is 0.0714. The van der Waals surface area contributed by atoms with Gasteiger partial charge in [0.05, 0.1) is 24.0 Å². The number of nitrogens with two attached hydrogens (primary N) is 2. The first-order chi connectivity index (χ1) is 8.63. The smallest absolute Gasteiger partial charge is 0.337 e. The molecule has 0 heterocycles. The second kappa shape index (κ2) is 4.79. The molecule has 0 saturated heterocycles. The Bertz CT molecular complexity index is 580. The van der Waals surface area contributed by atoms with Gasteiger partial charge < -0.3 is 16.2 Å². The van der Waals surface area contributed by atoms with E-state index < -0.39 is 5.97 Å². The van der Waals surface area contributed by atoms with Crippen molar-refractivity contribution in [3.63, 3.8) is 0 Å². The van der Waals surface area contributed by atoms with Crippen LogP contribution in [0.25, 0.3) is 11.1 Å². The number of carbonyl (C=O) groups excluding carboxylic acids is 1. The summed E-state index contributed by atoms with van der Waals surface area (Å²) in [7, 11) is 1.33. The molecule has 18 heavy (non-hydrogen) atoms. The molecule has 2 aromatic rings. The lowest BCUT2D eigenvalue weighted by molar-refractivity contribution is 0.0601. The molecular weight excluding hydrogens is 228 g/mol. The Balaban J connectivity index is 2.60. The molecule has 0 unspecified atom stereocenters. The van der Waals surface area contributed by atoms with Crippen molar-refractivity contribution in [2.24, 2.45) is 0 Å². The number of esters is 1. The molecule has 4 heteroatoms. The number of hydrogen-bond donors (Lipinski definition) is 2. The summed E-state index contributed by atoms with van der Waals surface area (Å²) in [5.74, 6) is -0.432. The maximum atomic E-state index is 11.5. The second-order valence-corrected chi connectivity index (χ2v) is 3.88. The maximum Gasteiger partial charge on any atom is 0.337 e. The lowest BCUT2D eigenvalue weighted by Gasteiger charge is -2.11. The molecule has 92 valence electrons. The lowest BCUT2D eigenvalue weighted by Crippen LogP contribution is -2.05. The van der Waals surface area contributed by atoms with Gasteiger partial charge >= 0.3 is 5.97 Å². The summed E-state index contributed by atoms with van der Waals surface area (Å²) in [4.78, 5) is 11.5. The Morgan fingerprint density at radius 1 is 1.11 bits per heavy atom. The zero-order valence-electron chi connectivity index (χ0n) is 10.0. The first-order valence-electron chi connectivity index (χ1n) is 5.46. The highest BCUT2D eigenvalue weighted by atomic mass is 16.5. The number of hydrogen-bond acceptors (Lipinski definition) is 4. The minimum Gasteiger partial charge on any atom is -0.465 e. The fourth-order valence-corrected chi connectivity index (χ4v) is 1.77. The standard InChI is InChI=1S/C14H14N2O2/c1-18-14(17)10-7-11(13(16)12(15)8-10)9-5-3-2-4-6-9/h2-8H,15-16H2,1H3. The molecule has 2 aromatic carbocycles. The van der Waals surface area contributed by atoms with Gasteiger partial charge in [-0.2, -0.15) is 0 Å². The highest BCUT2D eigenvalue weighted by molar-refractivity contribution is 5.96. The van der Waals surface area contributed by atoms with Crippen molar-refractivity contribution in [1.29, 1.82) is 0 Å². The zero-order chi connectivity index (χ0) is 13.1. The van der Waals surface area contributed by atoms with E-state index in [4.69, 9.17) is 11.5 Å². The number of anilines is 2. The molecule has 0 aliphatic rings. The maximum absolute atomic E-state index is 11.5. The fourth-order valence-electron chi connectivity index (χ4n) is 1.77. The normalized spacial score (nSPS) is 10.1. The Morgan fingerprint density at radius 3 is 2.39 bits per heavy atom. The van der Waals surface area contributed by atoms with Gasteiger partial charge in [-0.3, -0.25) is 0 Å². The Kier molecular flexibility index (Phi) is 3.19. The second-order valence-electron chi connectivity index (χ2n) is 3.88. The van der Waals surface area contributed by atoms with Crippen LogP contribution in [0.3, 0.4) is 0 Å². The summed E-state index contributed by atoms with van der Waals surface area (Å²) in [6.07, 6.45) is 0. The Morgan fingerprint density at radius 2 is 1.78 bits per heavy atom. The van der Waals surface area contributed by atoms with Crippen molar-refractivity contribution in [3.05, 3.63) is 48.0 Å². The van der Waals surface area contributed by atoms with Crippen LogP contribution in [0.5, 0.6) is 0 Å².